The van der Waals surface area contributed by atoms with Crippen LogP contribution in [0.1, 0.15) is 30.6 Å². The molecule has 0 saturated carbocycles. The van der Waals surface area contributed by atoms with E-state index in [2.05, 4.69) is 34.6 Å². The van der Waals surface area contributed by atoms with Crippen LogP contribution in [-0.4, -0.2) is 35.6 Å². The molecular weight excluding hydrogens is 312 g/mol. The van der Waals surface area contributed by atoms with Crippen molar-refractivity contribution in [2.75, 3.05) is 20.2 Å². The molecule has 0 amide bonds. The number of hydrogen-bond acceptors (Lipinski definition) is 3. The number of halogens is 1. The highest BCUT2D eigenvalue weighted by Gasteiger charge is 2.36. The van der Waals surface area contributed by atoms with Gasteiger partial charge in [-0.25, -0.2) is 4.79 Å². The molecule has 5 heteroatoms. The average Bonchev–Trinajstić information content (AvgIpc) is 2.91. The van der Waals surface area contributed by atoms with Crippen molar-refractivity contribution in [2.24, 2.45) is 0 Å². The molecule has 1 aromatic heterocycles. The highest BCUT2D eigenvalue weighted by Crippen LogP contribution is 2.43. The molecular formula is C18H21ClN2O2. The molecule has 0 spiro atoms. The first-order valence-corrected chi connectivity index (χ1v) is 7.91. The van der Waals surface area contributed by atoms with E-state index in [1.807, 2.05) is 12.1 Å². The van der Waals surface area contributed by atoms with Gasteiger partial charge in [0.1, 0.15) is 5.70 Å². The number of nitrogens with zero attached hydrogens (tertiary/aromatic N) is 2. The summed E-state index contributed by atoms with van der Waals surface area (Å²) >= 11 is 0. The molecule has 4 nitrogen and oxygen atoms in total. The second-order valence-corrected chi connectivity index (χ2v) is 5.93. The van der Waals surface area contributed by atoms with E-state index in [0.29, 0.717) is 11.7 Å². The normalized spacial score (nSPS) is 19.7. The van der Waals surface area contributed by atoms with Crippen LogP contribution in [0, 0.1) is 0 Å². The van der Waals surface area contributed by atoms with Crippen molar-refractivity contribution in [3.05, 3.63) is 41.6 Å². The van der Waals surface area contributed by atoms with Crippen LogP contribution >= 0.6 is 12.4 Å². The first-order chi connectivity index (χ1) is 10.8. The minimum Gasteiger partial charge on any atom is -0.464 e. The third-order valence-electron chi connectivity index (χ3n) is 5.00. The molecule has 23 heavy (non-hydrogen) atoms. The number of carbonyl (C=O) groups is 1. The Morgan fingerprint density at radius 3 is 2.87 bits per heavy atom. The molecule has 0 bridgehead atoms. The van der Waals surface area contributed by atoms with Gasteiger partial charge in [-0.3, -0.25) is 4.90 Å². The van der Waals surface area contributed by atoms with E-state index in [1.54, 1.807) is 0 Å². The Labute approximate surface area is 142 Å². The Morgan fingerprint density at radius 2 is 2.13 bits per heavy atom. The summed E-state index contributed by atoms with van der Waals surface area (Å²) in [5, 5.41) is 1.27. The Bertz CT molecular complexity index is 794. The summed E-state index contributed by atoms with van der Waals surface area (Å²) in [5.74, 6) is -0.254. The fourth-order valence-electron chi connectivity index (χ4n) is 4.02. The standard InChI is InChI=1S/C18H20N2O2.ClH/c1-3-19-11-10-13-12-6-4-5-7-14(12)20-16(18(21)22-2)9-8-15(19)17(13)20;/h4-7,9,15H,3,8,10-11H2,1-2H3;1H. The summed E-state index contributed by atoms with van der Waals surface area (Å²) in [6.07, 6.45) is 3.96. The molecule has 1 unspecified atom stereocenters. The number of hydrogen-bond donors (Lipinski definition) is 0. The predicted octanol–water partition coefficient (Wildman–Crippen LogP) is 3.40. The fourth-order valence-corrected chi connectivity index (χ4v) is 4.02. The number of fused-ring (bicyclic) bond motifs is 3. The second kappa shape index (κ2) is 6.02. The molecule has 1 aromatic carbocycles. The molecule has 0 aliphatic carbocycles. The van der Waals surface area contributed by atoms with E-state index in [1.165, 1.54) is 23.8 Å². The van der Waals surface area contributed by atoms with Crippen LogP contribution in [0.2, 0.25) is 0 Å². The lowest BCUT2D eigenvalue weighted by Crippen LogP contribution is -2.37. The first-order valence-electron chi connectivity index (χ1n) is 7.91. The SMILES string of the molecule is CCN1CCc2c3n(c4ccccc24)C(C(=O)OC)=CCC31.Cl. The van der Waals surface area contributed by atoms with Crippen LogP contribution in [0.25, 0.3) is 16.6 Å². The average molecular weight is 333 g/mol. The first kappa shape index (κ1) is 16.1. The van der Waals surface area contributed by atoms with E-state index in [9.17, 15) is 4.79 Å². The molecule has 0 radical (unpaired) electrons. The van der Waals surface area contributed by atoms with Crippen molar-refractivity contribution < 1.29 is 9.53 Å². The van der Waals surface area contributed by atoms with Gasteiger partial charge in [0.25, 0.3) is 0 Å². The smallest absolute Gasteiger partial charge is 0.354 e. The quantitative estimate of drug-likeness (QED) is 0.790. The van der Waals surface area contributed by atoms with E-state index < -0.39 is 0 Å². The number of carbonyl (C=O) groups excluding carboxylic acids is 1. The highest BCUT2D eigenvalue weighted by atomic mass is 35.5. The molecule has 2 aliphatic rings. The topological polar surface area (TPSA) is 34.5 Å². The van der Waals surface area contributed by atoms with Crippen molar-refractivity contribution >= 4 is 35.0 Å². The van der Waals surface area contributed by atoms with Gasteiger partial charge < -0.3 is 9.30 Å². The third kappa shape index (κ3) is 2.20. The molecule has 1 atom stereocenters. The van der Waals surface area contributed by atoms with Crippen molar-refractivity contribution in [3.63, 3.8) is 0 Å². The van der Waals surface area contributed by atoms with Crippen molar-refractivity contribution in [2.45, 2.75) is 25.8 Å². The maximum absolute atomic E-state index is 12.2. The Kier molecular flexibility index (Phi) is 4.21. The van der Waals surface area contributed by atoms with E-state index in [-0.39, 0.29) is 18.4 Å². The summed E-state index contributed by atoms with van der Waals surface area (Å²) in [4.78, 5) is 14.7. The van der Waals surface area contributed by atoms with Gasteiger partial charge in [0.05, 0.1) is 18.7 Å². The van der Waals surface area contributed by atoms with Crippen molar-refractivity contribution in [1.29, 1.82) is 0 Å². The van der Waals surface area contributed by atoms with Crippen molar-refractivity contribution in [3.8, 4) is 0 Å². The van der Waals surface area contributed by atoms with Gasteiger partial charge in [0.2, 0.25) is 0 Å². The number of rotatable bonds is 2. The van der Waals surface area contributed by atoms with Gasteiger partial charge in [0.15, 0.2) is 0 Å². The number of likely N-dealkylation sites (N-methyl/N-ethyl adjacent to an activating group) is 1. The minimum absolute atomic E-state index is 0. The molecule has 0 fully saturated rings. The number of ether oxygens (including phenoxy) is 1. The zero-order chi connectivity index (χ0) is 15.3. The largest absolute Gasteiger partial charge is 0.464 e. The molecule has 0 saturated heterocycles. The lowest BCUT2D eigenvalue weighted by Gasteiger charge is -2.38. The van der Waals surface area contributed by atoms with Crippen molar-refractivity contribution in [1.82, 2.24) is 9.47 Å². The van der Waals surface area contributed by atoms with Crippen LogP contribution < -0.4 is 0 Å². The maximum Gasteiger partial charge on any atom is 0.354 e. The zero-order valence-corrected chi connectivity index (χ0v) is 14.2. The van der Waals surface area contributed by atoms with Gasteiger partial charge >= 0.3 is 5.97 Å². The van der Waals surface area contributed by atoms with Crippen LogP contribution in [-0.2, 0) is 16.0 Å². The number of benzene rings is 1. The molecule has 0 N–H and O–H groups in total. The highest BCUT2D eigenvalue weighted by molar-refractivity contribution is 6.13. The van der Waals surface area contributed by atoms with Crippen LogP contribution in [0.3, 0.4) is 0 Å². The molecule has 2 aliphatic heterocycles. The van der Waals surface area contributed by atoms with Crippen LogP contribution in [0.4, 0.5) is 0 Å². The molecule has 122 valence electrons. The fraction of sp³-hybridized carbons (Fsp3) is 0.389. The number of para-hydroxylation sites is 1. The lowest BCUT2D eigenvalue weighted by atomic mass is 9.93. The van der Waals surface area contributed by atoms with Gasteiger partial charge in [0, 0.05) is 17.6 Å². The summed E-state index contributed by atoms with van der Waals surface area (Å²) in [7, 11) is 1.45. The molecule has 4 rings (SSSR count). The van der Waals surface area contributed by atoms with E-state index in [4.69, 9.17) is 4.74 Å². The maximum atomic E-state index is 12.2. The number of esters is 1. The summed E-state index contributed by atoms with van der Waals surface area (Å²) in [6.45, 7) is 4.33. The number of methoxy groups -OCH3 is 1. The third-order valence-corrected chi connectivity index (χ3v) is 5.00. The Hall–Kier alpha value is -1.78. The van der Waals surface area contributed by atoms with E-state index >= 15 is 0 Å². The van der Waals surface area contributed by atoms with Gasteiger partial charge in [-0.2, -0.15) is 0 Å². The number of aromatic nitrogens is 1. The predicted molar refractivity (Wildman–Crippen MR) is 93.8 cm³/mol. The van der Waals surface area contributed by atoms with Gasteiger partial charge in [-0.15, -0.1) is 12.4 Å². The van der Waals surface area contributed by atoms with Crippen LogP contribution in [0.5, 0.6) is 0 Å². The van der Waals surface area contributed by atoms with Gasteiger partial charge in [-0.1, -0.05) is 31.2 Å². The molecule has 2 aromatic rings. The summed E-state index contributed by atoms with van der Waals surface area (Å²) in [6, 6.07) is 8.75. The molecule has 3 heterocycles. The Balaban J connectivity index is 0.00000156. The zero-order valence-electron chi connectivity index (χ0n) is 13.4. The minimum atomic E-state index is -0.254. The van der Waals surface area contributed by atoms with Gasteiger partial charge in [-0.05, 0) is 31.0 Å². The summed E-state index contributed by atoms with van der Waals surface area (Å²) in [5.41, 5.74) is 4.47. The lowest BCUT2D eigenvalue weighted by molar-refractivity contribution is -0.134. The second-order valence-electron chi connectivity index (χ2n) is 5.93. The van der Waals surface area contributed by atoms with E-state index in [0.717, 1.165) is 31.4 Å². The monoisotopic (exact) mass is 332 g/mol. The summed E-state index contributed by atoms with van der Waals surface area (Å²) < 4.78 is 7.13. The Morgan fingerprint density at radius 1 is 1.35 bits per heavy atom. The van der Waals surface area contributed by atoms with Crippen LogP contribution in [0.15, 0.2) is 30.3 Å².